The fourth-order valence-electron chi connectivity index (χ4n) is 1.91. The second kappa shape index (κ2) is 7.47. The third kappa shape index (κ3) is 5.06. The molecule has 21 heavy (non-hydrogen) atoms. The second-order valence-electron chi connectivity index (χ2n) is 5.41. The molecule has 2 aromatic rings. The van der Waals surface area contributed by atoms with E-state index < -0.39 is 10.8 Å². The van der Waals surface area contributed by atoms with Gasteiger partial charge in [-0.2, -0.15) is 4.98 Å². The van der Waals surface area contributed by atoms with Crippen LogP contribution in [0.2, 0.25) is 0 Å². The molecule has 0 radical (unpaired) electrons. The Balaban J connectivity index is 1.90. The van der Waals surface area contributed by atoms with Crippen LogP contribution in [0.3, 0.4) is 0 Å². The molecule has 0 amide bonds. The SMILES string of the molecule is CC(C)Cc1noc(CS(=O)Cc2ccc(CO)cc2)n1. The van der Waals surface area contributed by atoms with Gasteiger partial charge in [0.25, 0.3) is 0 Å². The monoisotopic (exact) mass is 308 g/mol. The van der Waals surface area contributed by atoms with Gasteiger partial charge in [0.1, 0.15) is 5.75 Å². The molecule has 1 aromatic carbocycles. The molecule has 6 heteroatoms. The Morgan fingerprint density at radius 1 is 1.19 bits per heavy atom. The molecule has 0 saturated carbocycles. The predicted molar refractivity (Wildman–Crippen MR) is 80.8 cm³/mol. The zero-order valence-electron chi connectivity index (χ0n) is 12.3. The van der Waals surface area contributed by atoms with Gasteiger partial charge in [-0.3, -0.25) is 4.21 Å². The highest BCUT2D eigenvalue weighted by Crippen LogP contribution is 2.11. The van der Waals surface area contributed by atoms with Gasteiger partial charge in [-0.1, -0.05) is 43.3 Å². The van der Waals surface area contributed by atoms with Gasteiger partial charge in [0.15, 0.2) is 5.82 Å². The molecule has 0 bridgehead atoms. The van der Waals surface area contributed by atoms with Crippen LogP contribution in [-0.4, -0.2) is 19.5 Å². The van der Waals surface area contributed by atoms with Crippen molar-refractivity contribution in [1.29, 1.82) is 0 Å². The zero-order valence-corrected chi connectivity index (χ0v) is 13.1. The smallest absolute Gasteiger partial charge is 0.239 e. The van der Waals surface area contributed by atoms with Gasteiger partial charge >= 0.3 is 0 Å². The third-order valence-electron chi connectivity index (χ3n) is 2.92. The number of hydrogen-bond acceptors (Lipinski definition) is 5. The molecule has 114 valence electrons. The van der Waals surface area contributed by atoms with Crippen LogP contribution in [0, 0.1) is 5.92 Å². The molecule has 0 fully saturated rings. The van der Waals surface area contributed by atoms with E-state index in [0.717, 1.165) is 17.5 Å². The lowest BCUT2D eigenvalue weighted by Crippen LogP contribution is -2.01. The van der Waals surface area contributed by atoms with Crippen molar-refractivity contribution in [1.82, 2.24) is 10.1 Å². The fourth-order valence-corrected chi connectivity index (χ4v) is 2.97. The first kappa shape index (κ1) is 15.9. The molecule has 0 spiro atoms. The molecule has 5 nitrogen and oxygen atoms in total. The van der Waals surface area contributed by atoms with E-state index >= 15 is 0 Å². The lowest BCUT2D eigenvalue weighted by atomic mass is 10.1. The Bertz CT molecular complexity index is 593. The van der Waals surface area contributed by atoms with Crippen LogP contribution < -0.4 is 0 Å². The lowest BCUT2D eigenvalue weighted by Gasteiger charge is -2.01. The second-order valence-corrected chi connectivity index (χ2v) is 6.86. The van der Waals surface area contributed by atoms with Crippen LogP contribution >= 0.6 is 0 Å². The Kier molecular flexibility index (Phi) is 5.64. The molecule has 1 aromatic heterocycles. The molecule has 0 saturated heterocycles. The van der Waals surface area contributed by atoms with E-state index in [-0.39, 0.29) is 12.4 Å². The lowest BCUT2D eigenvalue weighted by molar-refractivity contribution is 0.282. The van der Waals surface area contributed by atoms with Crippen molar-refractivity contribution in [2.75, 3.05) is 0 Å². The van der Waals surface area contributed by atoms with E-state index in [1.54, 1.807) is 0 Å². The first-order chi connectivity index (χ1) is 10.1. The summed E-state index contributed by atoms with van der Waals surface area (Å²) in [6.45, 7) is 4.19. The van der Waals surface area contributed by atoms with Crippen LogP contribution in [-0.2, 0) is 35.3 Å². The van der Waals surface area contributed by atoms with Gasteiger partial charge in [0.05, 0.1) is 6.61 Å². The van der Waals surface area contributed by atoms with E-state index in [1.165, 1.54) is 0 Å². The molecular formula is C15H20N2O3S. The summed E-state index contributed by atoms with van der Waals surface area (Å²) in [7, 11) is -1.09. The average Bonchev–Trinajstić information content (AvgIpc) is 2.85. The topological polar surface area (TPSA) is 76.2 Å². The van der Waals surface area contributed by atoms with Gasteiger partial charge in [-0.25, -0.2) is 0 Å². The van der Waals surface area contributed by atoms with Crippen LogP contribution in [0.15, 0.2) is 28.8 Å². The van der Waals surface area contributed by atoms with E-state index in [2.05, 4.69) is 24.0 Å². The van der Waals surface area contributed by atoms with E-state index in [9.17, 15) is 4.21 Å². The van der Waals surface area contributed by atoms with Gasteiger partial charge in [-0.05, 0) is 17.0 Å². The number of aliphatic hydroxyl groups is 1. The van der Waals surface area contributed by atoms with Crippen molar-refractivity contribution >= 4 is 10.8 Å². The molecule has 1 N–H and O–H groups in total. The molecule has 1 unspecified atom stereocenters. The standard InChI is InChI=1S/C15H20N2O3S/c1-11(2)7-14-16-15(20-17-14)10-21(19)9-13-5-3-12(8-18)4-6-13/h3-6,11,18H,7-10H2,1-2H3. The van der Waals surface area contributed by atoms with Gasteiger partial charge in [0.2, 0.25) is 5.89 Å². The van der Waals surface area contributed by atoms with Gasteiger partial charge in [0, 0.05) is 23.0 Å². The Morgan fingerprint density at radius 3 is 2.48 bits per heavy atom. The van der Waals surface area contributed by atoms with E-state index in [4.69, 9.17) is 9.63 Å². The maximum atomic E-state index is 12.1. The first-order valence-electron chi connectivity index (χ1n) is 6.92. The van der Waals surface area contributed by atoms with Crippen molar-refractivity contribution in [2.24, 2.45) is 5.92 Å². The van der Waals surface area contributed by atoms with Crippen LogP contribution in [0.5, 0.6) is 0 Å². The highest BCUT2D eigenvalue weighted by molar-refractivity contribution is 7.83. The molecule has 0 aliphatic carbocycles. The molecule has 0 aliphatic heterocycles. The van der Waals surface area contributed by atoms with Crippen LogP contribution in [0.4, 0.5) is 0 Å². The summed E-state index contributed by atoms with van der Waals surface area (Å²) in [5, 5.41) is 12.9. The maximum absolute atomic E-state index is 12.1. The summed E-state index contributed by atoms with van der Waals surface area (Å²) in [6, 6.07) is 7.42. The quantitative estimate of drug-likeness (QED) is 0.848. The Morgan fingerprint density at radius 2 is 1.86 bits per heavy atom. The molecule has 0 aliphatic rings. The number of nitrogens with zero attached hydrogens (tertiary/aromatic N) is 2. The fraction of sp³-hybridized carbons (Fsp3) is 0.467. The average molecular weight is 308 g/mol. The normalized spacial score (nSPS) is 12.8. The predicted octanol–water partition coefficient (Wildman–Crippen LogP) is 2.21. The Hall–Kier alpha value is -1.53. The first-order valence-corrected chi connectivity index (χ1v) is 8.40. The summed E-state index contributed by atoms with van der Waals surface area (Å²) < 4.78 is 17.2. The van der Waals surface area contributed by atoms with Crippen molar-refractivity contribution < 1.29 is 13.8 Å². The van der Waals surface area contributed by atoms with Gasteiger partial charge < -0.3 is 9.63 Å². The minimum atomic E-state index is -1.09. The molecular weight excluding hydrogens is 288 g/mol. The van der Waals surface area contributed by atoms with Crippen molar-refractivity contribution in [3.05, 3.63) is 47.1 Å². The number of rotatable bonds is 7. The van der Waals surface area contributed by atoms with Gasteiger partial charge in [-0.15, -0.1) is 0 Å². The number of aliphatic hydroxyl groups excluding tert-OH is 1. The summed E-state index contributed by atoms with van der Waals surface area (Å²) in [6.07, 6.45) is 0.763. The highest BCUT2D eigenvalue weighted by Gasteiger charge is 2.11. The van der Waals surface area contributed by atoms with E-state index in [0.29, 0.717) is 23.4 Å². The summed E-state index contributed by atoms with van der Waals surface area (Å²) in [5.41, 5.74) is 1.81. The third-order valence-corrected chi connectivity index (χ3v) is 4.14. The van der Waals surface area contributed by atoms with Crippen molar-refractivity contribution in [3.63, 3.8) is 0 Å². The number of benzene rings is 1. The van der Waals surface area contributed by atoms with Crippen molar-refractivity contribution in [2.45, 2.75) is 38.4 Å². The van der Waals surface area contributed by atoms with Crippen LogP contribution in [0.1, 0.15) is 36.7 Å². The summed E-state index contributed by atoms with van der Waals surface area (Å²) in [5.74, 6) is 2.27. The number of aromatic nitrogens is 2. The van der Waals surface area contributed by atoms with E-state index in [1.807, 2.05) is 24.3 Å². The minimum absolute atomic E-state index is 0.0178. The summed E-state index contributed by atoms with van der Waals surface area (Å²) >= 11 is 0. The van der Waals surface area contributed by atoms with Crippen LogP contribution in [0.25, 0.3) is 0 Å². The molecule has 2 rings (SSSR count). The zero-order chi connectivity index (χ0) is 15.2. The summed E-state index contributed by atoms with van der Waals surface area (Å²) in [4.78, 5) is 4.26. The Labute approximate surface area is 126 Å². The molecule has 1 heterocycles. The maximum Gasteiger partial charge on any atom is 0.239 e. The molecule has 1 atom stereocenters. The highest BCUT2D eigenvalue weighted by atomic mass is 32.2. The number of hydrogen-bond donors (Lipinski definition) is 1. The largest absolute Gasteiger partial charge is 0.392 e. The minimum Gasteiger partial charge on any atom is -0.392 e. The van der Waals surface area contributed by atoms with Crippen molar-refractivity contribution in [3.8, 4) is 0 Å².